The Morgan fingerprint density at radius 3 is 2.80 bits per heavy atom. The Kier molecular flexibility index (Phi) is 3.91. The van der Waals surface area contributed by atoms with Crippen molar-refractivity contribution in [2.24, 2.45) is 0 Å². The van der Waals surface area contributed by atoms with Crippen LogP contribution < -0.4 is 14.8 Å². The molecule has 0 aliphatic heterocycles. The molecule has 1 aromatic carbocycles. The highest BCUT2D eigenvalue weighted by Gasteiger charge is 2.13. The third-order valence-corrected chi connectivity index (χ3v) is 4.43. The first-order chi connectivity index (χ1) is 12.2. The summed E-state index contributed by atoms with van der Waals surface area (Å²) in [6, 6.07) is 11.0. The van der Waals surface area contributed by atoms with E-state index in [1.165, 1.54) is 15.9 Å². The molecule has 0 radical (unpaired) electrons. The van der Waals surface area contributed by atoms with E-state index in [0.29, 0.717) is 27.7 Å². The summed E-state index contributed by atoms with van der Waals surface area (Å²) in [6.07, 6.45) is 5.05. The maximum absolute atomic E-state index is 12.5. The van der Waals surface area contributed by atoms with Gasteiger partial charge in [0, 0.05) is 0 Å². The number of rotatable bonds is 5. The van der Waals surface area contributed by atoms with Crippen molar-refractivity contribution in [3.63, 3.8) is 0 Å². The third-order valence-electron chi connectivity index (χ3n) is 3.47. The minimum Gasteiger partial charge on any atom is -0.490 e. The maximum atomic E-state index is 12.5. The zero-order chi connectivity index (χ0) is 17.2. The summed E-state index contributed by atoms with van der Waals surface area (Å²) in [4.78, 5) is 17.4. The van der Waals surface area contributed by atoms with Gasteiger partial charge in [0.25, 0.3) is 5.56 Å². The quantitative estimate of drug-likeness (QED) is 0.517. The van der Waals surface area contributed by atoms with E-state index in [1.807, 2.05) is 30.3 Å². The van der Waals surface area contributed by atoms with Crippen LogP contribution in [0.4, 0.5) is 0 Å². The number of nitrogens with zero attached hydrogens (tertiary/aromatic N) is 3. The summed E-state index contributed by atoms with van der Waals surface area (Å²) < 4.78 is 12.6. The topological polar surface area (TPSA) is 69.6 Å². The van der Waals surface area contributed by atoms with Crippen LogP contribution in [0.1, 0.15) is 5.56 Å². The predicted molar refractivity (Wildman–Crippen MR) is 95.8 cm³/mol. The molecule has 0 bridgehead atoms. The van der Waals surface area contributed by atoms with Gasteiger partial charge in [0.05, 0.1) is 10.8 Å². The average molecular weight is 351 g/mol. The van der Waals surface area contributed by atoms with E-state index in [2.05, 4.69) is 16.7 Å². The first-order valence-corrected chi connectivity index (χ1v) is 8.35. The lowest BCUT2D eigenvalue weighted by atomic mass is 10.2. The van der Waals surface area contributed by atoms with Gasteiger partial charge >= 0.3 is 0 Å². The van der Waals surface area contributed by atoms with Crippen LogP contribution in [-0.4, -0.2) is 21.2 Å². The molecule has 0 aliphatic carbocycles. The van der Waals surface area contributed by atoms with Crippen molar-refractivity contribution in [1.82, 2.24) is 14.6 Å². The van der Waals surface area contributed by atoms with Crippen molar-refractivity contribution in [1.29, 1.82) is 0 Å². The molecular weight excluding hydrogens is 338 g/mol. The molecule has 4 aromatic rings. The second-order valence-corrected chi connectivity index (χ2v) is 6.20. The number of furan rings is 1. The van der Waals surface area contributed by atoms with Crippen molar-refractivity contribution in [2.45, 2.75) is 0 Å². The van der Waals surface area contributed by atoms with E-state index in [-0.39, 0.29) is 5.56 Å². The van der Waals surface area contributed by atoms with Gasteiger partial charge in [-0.2, -0.15) is 9.50 Å². The lowest BCUT2D eigenvalue weighted by Crippen LogP contribution is -2.23. The van der Waals surface area contributed by atoms with E-state index in [9.17, 15) is 4.79 Å². The Hall–Kier alpha value is -3.19. The zero-order valence-electron chi connectivity index (χ0n) is 13.1. The van der Waals surface area contributed by atoms with Crippen LogP contribution in [0.15, 0.2) is 64.5 Å². The number of hydrogen-bond acceptors (Lipinski definition) is 6. The molecule has 0 saturated carbocycles. The largest absolute Gasteiger partial charge is 0.490 e. The summed E-state index contributed by atoms with van der Waals surface area (Å²) in [5.41, 5.74) is 0.705. The van der Waals surface area contributed by atoms with Gasteiger partial charge in [0.15, 0.2) is 5.76 Å². The summed E-state index contributed by atoms with van der Waals surface area (Å²) in [6.45, 7) is 4.07. The second kappa shape index (κ2) is 6.37. The van der Waals surface area contributed by atoms with Crippen molar-refractivity contribution >= 4 is 22.4 Å². The van der Waals surface area contributed by atoms with Crippen molar-refractivity contribution in [2.75, 3.05) is 6.61 Å². The van der Waals surface area contributed by atoms with E-state index in [0.717, 1.165) is 11.3 Å². The monoisotopic (exact) mass is 351 g/mol. The lowest BCUT2D eigenvalue weighted by Gasteiger charge is -2.02. The van der Waals surface area contributed by atoms with Gasteiger partial charge in [0.2, 0.25) is 10.8 Å². The van der Waals surface area contributed by atoms with Crippen LogP contribution in [0.5, 0.6) is 5.75 Å². The molecule has 4 rings (SSSR count). The summed E-state index contributed by atoms with van der Waals surface area (Å²) in [5, 5.41) is 4.23. The van der Waals surface area contributed by atoms with E-state index < -0.39 is 0 Å². The Morgan fingerprint density at radius 1 is 1.28 bits per heavy atom. The number of benzene rings is 1. The normalized spacial score (nSPS) is 11.9. The fraction of sp³-hybridized carbons (Fsp3) is 0.0556. The first-order valence-electron chi connectivity index (χ1n) is 7.53. The van der Waals surface area contributed by atoms with Crippen molar-refractivity contribution < 1.29 is 9.15 Å². The van der Waals surface area contributed by atoms with Gasteiger partial charge in [-0.15, -0.1) is 5.10 Å². The zero-order valence-corrected chi connectivity index (χ0v) is 13.9. The molecule has 0 saturated heterocycles. The van der Waals surface area contributed by atoms with E-state index in [1.54, 1.807) is 24.5 Å². The SMILES string of the molecule is C=CCOc1ccc(C=c2sc3nc(-c4ccco4)nn3c2=O)cc1. The van der Waals surface area contributed by atoms with Crippen molar-refractivity contribution in [3.05, 3.63) is 75.8 Å². The Balaban J connectivity index is 1.68. The van der Waals surface area contributed by atoms with Crippen LogP contribution in [0, 0.1) is 0 Å². The molecule has 0 amide bonds. The number of thiazole rings is 1. The fourth-order valence-electron chi connectivity index (χ4n) is 2.31. The molecule has 0 N–H and O–H groups in total. The highest BCUT2D eigenvalue weighted by atomic mass is 32.1. The maximum Gasteiger partial charge on any atom is 0.291 e. The smallest absolute Gasteiger partial charge is 0.291 e. The number of fused-ring (bicyclic) bond motifs is 1. The molecule has 6 nitrogen and oxygen atoms in total. The van der Waals surface area contributed by atoms with Gasteiger partial charge in [-0.25, -0.2) is 0 Å². The minimum absolute atomic E-state index is 0.197. The molecule has 0 aliphatic rings. The van der Waals surface area contributed by atoms with Gasteiger partial charge in [-0.05, 0) is 35.9 Å². The Bertz CT molecular complexity index is 1130. The predicted octanol–water partition coefficient (Wildman–Crippen LogP) is 2.52. The molecule has 0 unspecified atom stereocenters. The Labute approximate surface area is 146 Å². The molecule has 7 heteroatoms. The summed E-state index contributed by atoms with van der Waals surface area (Å²) >= 11 is 1.29. The lowest BCUT2D eigenvalue weighted by molar-refractivity contribution is 0.363. The molecule has 25 heavy (non-hydrogen) atoms. The van der Waals surface area contributed by atoms with Crippen LogP contribution >= 0.6 is 11.3 Å². The molecule has 124 valence electrons. The molecule has 0 fully saturated rings. The highest BCUT2D eigenvalue weighted by molar-refractivity contribution is 7.15. The van der Waals surface area contributed by atoms with E-state index in [4.69, 9.17) is 9.15 Å². The second-order valence-electron chi connectivity index (χ2n) is 5.19. The fourth-order valence-corrected chi connectivity index (χ4v) is 3.22. The molecule has 0 spiro atoms. The molecule has 3 heterocycles. The Morgan fingerprint density at radius 2 is 2.12 bits per heavy atom. The average Bonchev–Trinajstić information content (AvgIpc) is 3.33. The van der Waals surface area contributed by atoms with Crippen molar-refractivity contribution in [3.8, 4) is 17.3 Å². The van der Waals surface area contributed by atoms with Gasteiger partial charge in [-0.3, -0.25) is 4.79 Å². The highest BCUT2D eigenvalue weighted by Crippen LogP contribution is 2.17. The van der Waals surface area contributed by atoms with Gasteiger partial charge < -0.3 is 9.15 Å². The van der Waals surface area contributed by atoms with Crippen LogP contribution in [0.3, 0.4) is 0 Å². The third kappa shape index (κ3) is 2.97. The minimum atomic E-state index is -0.197. The van der Waals surface area contributed by atoms with Gasteiger partial charge in [0.1, 0.15) is 12.4 Å². The van der Waals surface area contributed by atoms with E-state index >= 15 is 0 Å². The summed E-state index contributed by atoms with van der Waals surface area (Å²) in [7, 11) is 0. The molecule has 0 atom stereocenters. The van der Waals surface area contributed by atoms with Gasteiger partial charge in [-0.1, -0.05) is 36.1 Å². The summed E-state index contributed by atoms with van der Waals surface area (Å²) in [5.74, 6) is 1.70. The number of ether oxygens (including phenoxy) is 1. The number of aromatic nitrogens is 3. The van der Waals surface area contributed by atoms with Crippen LogP contribution in [-0.2, 0) is 0 Å². The first kappa shape index (κ1) is 15.3. The standard InChI is InChI=1S/C18H13N3O3S/c1-2-9-23-13-7-5-12(6-8-13)11-15-17(22)21-18(25-15)19-16(20-21)14-4-3-10-24-14/h2-8,10-11H,1,9H2. The molecular formula is C18H13N3O3S. The molecule has 3 aromatic heterocycles. The number of hydrogen-bond donors (Lipinski definition) is 0. The van der Waals surface area contributed by atoms with Crippen LogP contribution in [0.2, 0.25) is 0 Å². The van der Waals surface area contributed by atoms with Crippen LogP contribution in [0.25, 0.3) is 22.6 Å².